The number of rotatable bonds is 2. The normalized spacial score (nSPS) is 29.0. The largest absolute Gasteiger partial charge is 0.290 e. The Hall–Kier alpha value is -1.34. The Kier molecular flexibility index (Phi) is 2.74. The summed E-state index contributed by atoms with van der Waals surface area (Å²) >= 11 is 6.47. The molecule has 0 N–H and O–H groups in total. The maximum Gasteiger partial charge on any atom is 0.208 e. The van der Waals surface area contributed by atoms with Crippen LogP contribution in [0, 0.1) is 5.92 Å². The number of benzene rings is 1. The second-order valence-electron chi connectivity index (χ2n) is 3.47. The molecule has 1 aromatic rings. The molecule has 2 unspecified atom stereocenters. The number of hydrogen-bond acceptors (Lipinski definition) is 1. The van der Waals surface area contributed by atoms with Gasteiger partial charge < -0.3 is 0 Å². The molecule has 1 aliphatic carbocycles. The highest BCUT2D eigenvalue weighted by atomic mass is 35.5. The van der Waals surface area contributed by atoms with Gasteiger partial charge in [0.1, 0.15) is 4.87 Å². The van der Waals surface area contributed by atoms with Crippen molar-refractivity contribution in [2.45, 2.75) is 4.87 Å². The van der Waals surface area contributed by atoms with Crippen molar-refractivity contribution in [3.05, 3.63) is 60.2 Å². The molecular formula is C13H10ClO. The topological polar surface area (TPSA) is 17.1 Å². The molecule has 0 amide bonds. The molecule has 0 saturated heterocycles. The minimum absolute atomic E-state index is 0.424. The van der Waals surface area contributed by atoms with Gasteiger partial charge in [-0.15, -0.1) is 11.6 Å². The van der Waals surface area contributed by atoms with Crippen LogP contribution < -0.4 is 0 Å². The van der Waals surface area contributed by atoms with Gasteiger partial charge >= 0.3 is 0 Å². The van der Waals surface area contributed by atoms with Crippen LogP contribution in [0.4, 0.5) is 0 Å². The molecule has 0 aromatic heterocycles. The standard InChI is InChI=1S/C13H10ClO/c14-13(11-6-2-1-3-7-11)9-5-4-8-12(13)10-15/h1-9,12H. The maximum absolute atomic E-state index is 10.9. The lowest BCUT2D eigenvalue weighted by Crippen LogP contribution is -2.28. The summed E-state index contributed by atoms with van der Waals surface area (Å²) in [6.07, 6.45) is 9.25. The highest BCUT2D eigenvalue weighted by Crippen LogP contribution is 2.40. The van der Waals surface area contributed by atoms with Gasteiger partial charge in [-0.2, -0.15) is 0 Å². The number of alkyl halides is 1. The van der Waals surface area contributed by atoms with Crippen LogP contribution in [-0.2, 0) is 9.67 Å². The van der Waals surface area contributed by atoms with Crippen molar-refractivity contribution in [1.82, 2.24) is 0 Å². The summed E-state index contributed by atoms with van der Waals surface area (Å²) in [5.74, 6) is -0.424. The number of hydrogen-bond donors (Lipinski definition) is 0. The van der Waals surface area contributed by atoms with Crippen LogP contribution in [0.1, 0.15) is 5.56 Å². The van der Waals surface area contributed by atoms with Crippen molar-refractivity contribution in [2.24, 2.45) is 5.92 Å². The Morgan fingerprint density at radius 1 is 1.20 bits per heavy atom. The molecular weight excluding hydrogens is 208 g/mol. The average Bonchev–Trinajstić information content (AvgIpc) is 2.31. The highest BCUT2D eigenvalue weighted by molar-refractivity contribution is 6.26. The zero-order valence-corrected chi connectivity index (χ0v) is 8.82. The van der Waals surface area contributed by atoms with E-state index in [2.05, 4.69) is 0 Å². The van der Waals surface area contributed by atoms with Crippen LogP contribution in [-0.4, -0.2) is 6.29 Å². The van der Waals surface area contributed by atoms with Gasteiger partial charge in [0.25, 0.3) is 0 Å². The first kappa shape index (κ1) is 10.2. The van der Waals surface area contributed by atoms with E-state index in [4.69, 9.17) is 11.6 Å². The van der Waals surface area contributed by atoms with Gasteiger partial charge in [0.2, 0.25) is 6.29 Å². The van der Waals surface area contributed by atoms with Gasteiger partial charge in [0.05, 0.1) is 5.92 Å². The zero-order chi connectivity index (χ0) is 10.7. The first-order valence-corrected chi connectivity index (χ1v) is 5.13. The van der Waals surface area contributed by atoms with E-state index in [1.165, 1.54) is 0 Å². The lowest BCUT2D eigenvalue weighted by molar-refractivity contribution is 0.517. The Morgan fingerprint density at radius 3 is 2.60 bits per heavy atom. The van der Waals surface area contributed by atoms with Gasteiger partial charge in [0.15, 0.2) is 0 Å². The molecule has 75 valence electrons. The van der Waals surface area contributed by atoms with Crippen LogP contribution in [0.15, 0.2) is 54.6 Å². The highest BCUT2D eigenvalue weighted by Gasteiger charge is 2.36. The fraction of sp³-hybridized carbons (Fsp3) is 0.154. The van der Waals surface area contributed by atoms with Crippen molar-refractivity contribution in [1.29, 1.82) is 0 Å². The van der Waals surface area contributed by atoms with E-state index in [1.807, 2.05) is 54.8 Å². The van der Waals surface area contributed by atoms with E-state index in [1.54, 1.807) is 6.08 Å². The maximum atomic E-state index is 10.9. The fourth-order valence-electron chi connectivity index (χ4n) is 1.71. The van der Waals surface area contributed by atoms with E-state index < -0.39 is 10.8 Å². The minimum atomic E-state index is -0.780. The van der Waals surface area contributed by atoms with Gasteiger partial charge in [-0.25, -0.2) is 0 Å². The Labute approximate surface area is 94.1 Å². The van der Waals surface area contributed by atoms with Crippen molar-refractivity contribution in [3.63, 3.8) is 0 Å². The number of allylic oxidation sites excluding steroid dienone is 4. The molecule has 0 bridgehead atoms. The third-order valence-corrected chi connectivity index (χ3v) is 3.13. The quantitative estimate of drug-likeness (QED) is 0.697. The summed E-state index contributed by atoms with van der Waals surface area (Å²) < 4.78 is 0. The molecule has 1 radical (unpaired) electrons. The van der Waals surface area contributed by atoms with Crippen LogP contribution in [0.5, 0.6) is 0 Å². The van der Waals surface area contributed by atoms with E-state index in [9.17, 15) is 4.79 Å². The van der Waals surface area contributed by atoms with Crippen LogP contribution in [0.3, 0.4) is 0 Å². The third-order valence-electron chi connectivity index (χ3n) is 2.55. The summed E-state index contributed by atoms with van der Waals surface area (Å²) in [6, 6.07) is 9.58. The Balaban J connectivity index is 2.45. The molecule has 2 atom stereocenters. The third kappa shape index (κ3) is 1.75. The predicted molar refractivity (Wildman–Crippen MR) is 61.4 cm³/mol. The summed E-state index contributed by atoms with van der Waals surface area (Å²) in [5, 5.41) is 0. The second-order valence-corrected chi connectivity index (χ2v) is 4.10. The zero-order valence-electron chi connectivity index (χ0n) is 8.06. The van der Waals surface area contributed by atoms with Crippen LogP contribution in [0.25, 0.3) is 0 Å². The minimum Gasteiger partial charge on any atom is -0.290 e. The fourth-order valence-corrected chi connectivity index (χ4v) is 2.02. The molecule has 0 spiro atoms. The lowest BCUT2D eigenvalue weighted by Gasteiger charge is -2.29. The number of carbonyl (C=O) groups excluding carboxylic acids is 1. The van der Waals surface area contributed by atoms with E-state index in [-0.39, 0.29) is 0 Å². The Bertz CT molecular complexity index is 408. The van der Waals surface area contributed by atoms with E-state index in [0.717, 1.165) is 5.56 Å². The lowest BCUT2D eigenvalue weighted by atomic mass is 9.83. The molecule has 0 heterocycles. The van der Waals surface area contributed by atoms with Crippen LogP contribution >= 0.6 is 11.6 Å². The van der Waals surface area contributed by atoms with Crippen molar-refractivity contribution in [2.75, 3.05) is 0 Å². The molecule has 2 rings (SSSR count). The molecule has 1 aromatic carbocycles. The first-order chi connectivity index (χ1) is 7.27. The molecule has 1 nitrogen and oxygen atoms in total. The summed E-state index contributed by atoms with van der Waals surface area (Å²) in [4.78, 5) is 10.1. The van der Waals surface area contributed by atoms with Crippen molar-refractivity contribution >= 4 is 17.9 Å². The molecule has 2 heteroatoms. The van der Waals surface area contributed by atoms with Crippen LogP contribution in [0.2, 0.25) is 0 Å². The van der Waals surface area contributed by atoms with E-state index in [0.29, 0.717) is 0 Å². The molecule has 0 fully saturated rings. The summed E-state index contributed by atoms with van der Waals surface area (Å²) in [7, 11) is 0. The first-order valence-electron chi connectivity index (χ1n) is 4.75. The van der Waals surface area contributed by atoms with Gasteiger partial charge in [0, 0.05) is 0 Å². The predicted octanol–water partition coefficient (Wildman–Crippen LogP) is 2.97. The van der Waals surface area contributed by atoms with Crippen molar-refractivity contribution < 1.29 is 4.79 Å². The van der Waals surface area contributed by atoms with Gasteiger partial charge in [-0.05, 0) is 5.56 Å². The molecule has 0 saturated carbocycles. The monoisotopic (exact) mass is 217 g/mol. The van der Waals surface area contributed by atoms with Gasteiger partial charge in [-0.1, -0.05) is 54.6 Å². The molecule has 15 heavy (non-hydrogen) atoms. The molecule has 1 aliphatic rings. The summed E-state index contributed by atoms with van der Waals surface area (Å²) in [6.45, 7) is 0. The average molecular weight is 218 g/mol. The SMILES string of the molecule is O=[C]C1C=CC=CC1(Cl)c1ccccc1. The summed E-state index contributed by atoms with van der Waals surface area (Å²) in [5.41, 5.74) is 0.917. The smallest absolute Gasteiger partial charge is 0.208 e. The van der Waals surface area contributed by atoms with Crippen molar-refractivity contribution in [3.8, 4) is 0 Å². The van der Waals surface area contributed by atoms with Gasteiger partial charge in [-0.3, -0.25) is 4.79 Å². The molecule has 0 aliphatic heterocycles. The number of halogens is 1. The van der Waals surface area contributed by atoms with E-state index >= 15 is 0 Å². The second kappa shape index (κ2) is 4.03. The Morgan fingerprint density at radius 2 is 1.93 bits per heavy atom.